The van der Waals surface area contributed by atoms with Crippen molar-refractivity contribution >= 4 is 34.5 Å². The molecule has 110 valence electrons. The Labute approximate surface area is 135 Å². The number of rotatable bonds is 5. The van der Waals surface area contributed by atoms with Crippen LogP contribution in [0.15, 0.2) is 47.1 Å². The average Bonchev–Trinajstić information content (AvgIpc) is 2.99. The lowest BCUT2D eigenvalue weighted by Gasteiger charge is -2.11. The number of benzene rings is 1. The van der Waals surface area contributed by atoms with Crippen molar-refractivity contribution in [2.24, 2.45) is 0 Å². The Kier molecular flexibility index (Phi) is 5.38. The summed E-state index contributed by atoms with van der Waals surface area (Å²) < 4.78 is 11.0. The second kappa shape index (κ2) is 7.26. The van der Waals surface area contributed by atoms with E-state index >= 15 is 0 Å². The van der Waals surface area contributed by atoms with E-state index in [0.717, 1.165) is 3.57 Å². The molecular formula is C15H14INO4. The fourth-order valence-electron chi connectivity index (χ4n) is 1.73. The molecule has 0 unspecified atom stereocenters. The van der Waals surface area contributed by atoms with E-state index in [0.29, 0.717) is 11.3 Å². The number of ether oxygens (including phenoxy) is 1. The van der Waals surface area contributed by atoms with Gasteiger partial charge in [0.2, 0.25) is 0 Å². The summed E-state index contributed by atoms with van der Waals surface area (Å²) in [6.07, 6.45) is 1.54. The van der Waals surface area contributed by atoms with Gasteiger partial charge < -0.3 is 14.5 Å². The Morgan fingerprint density at radius 3 is 2.71 bits per heavy atom. The molecule has 0 bridgehead atoms. The summed E-state index contributed by atoms with van der Waals surface area (Å²) >= 11 is 2.05. The fraction of sp³-hybridized carbons (Fsp3) is 0.200. The van der Waals surface area contributed by atoms with Gasteiger partial charge in [0.05, 0.1) is 17.9 Å². The van der Waals surface area contributed by atoms with Crippen molar-refractivity contribution in [2.45, 2.75) is 13.0 Å². The fourth-order valence-corrected chi connectivity index (χ4v) is 2.34. The molecule has 1 aromatic heterocycles. The van der Waals surface area contributed by atoms with Crippen LogP contribution >= 0.6 is 22.6 Å². The Hall–Kier alpha value is -1.83. The Bertz CT molecular complexity index is 624. The van der Waals surface area contributed by atoms with Crippen LogP contribution in [0.2, 0.25) is 0 Å². The number of carbonyl (C=O) groups is 2. The largest absolute Gasteiger partial charge is 0.467 e. The summed E-state index contributed by atoms with van der Waals surface area (Å²) in [6, 6.07) is 10.3. The van der Waals surface area contributed by atoms with Gasteiger partial charge in [0.25, 0.3) is 5.91 Å². The van der Waals surface area contributed by atoms with Crippen molar-refractivity contribution < 1.29 is 18.7 Å². The third kappa shape index (κ3) is 4.32. The molecule has 0 aliphatic rings. The predicted octanol–water partition coefficient (Wildman–Crippen LogP) is 2.92. The minimum atomic E-state index is -0.513. The zero-order chi connectivity index (χ0) is 15.2. The first-order valence-electron chi connectivity index (χ1n) is 6.32. The number of hydrogen-bond acceptors (Lipinski definition) is 4. The number of esters is 1. The van der Waals surface area contributed by atoms with Gasteiger partial charge in [0.15, 0.2) is 6.61 Å². The van der Waals surface area contributed by atoms with Gasteiger partial charge >= 0.3 is 5.97 Å². The molecule has 1 amide bonds. The van der Waals surface area contributed by atoms with Crippen LogP contribution in [0.4, 0.5) is 0 Å². The van der Waals surface area contributed by atoms with Gasteiger partial charge in [0.1, 0.15) is 5.76 Å². The lowest BCUT2D eigenvalue weighted by atomic mass is 10.2. The normalized spacial score (nSPS) is 11.7. The van der Waals surface area contributed by atoms with E-state index in [9.17, 15) is 9.59 Å². The molecule has 5 nitrogen and oxygen atoms in total. The first-order valence-corrected chi connectivity index (χ1v) is 7.40. The zero-order valence-electron chi connectivity index (χ0n) is 11.3. The van der Waals surface area contributed by atoms with E-state index in [-0.39, 0.29) is 18.6 Å². The highest BCUT2D eigenvalue weighted by molar-refractivity contribution is 14.1. The Morgan fingerprint density at radius 2 is 2.05 bits per heavy atom. The number of halogens is 1. The van der Waals surface area contributed by atoms with E-state index in [1.807, 2.05) is 28.7 Å². The predicted molar refractivity (Wildman–Crippen MR) is 84.7 cm³/mol. The van der Waals surface area contributed by atoms with Crippen molar-refractivity contribution in [3.05, 3.63) is 57.6 Å². The molecule has 0 saturated heterocycles. The summed E-state index contributed by atoms with van der Waals surface area (Å²) in [5, 5.41) is 2.69. The van der Waals surface area contributed by atoms with Crippen LogP contribution in [-0.4, -0.2) is 18.5 Å². The molecule has 2 aromatic rings. The highest BCUT2D eigenvalue weighted by atomic mass is 127. The van der Waals surface area contributed by atoms with Gasteiger partial charge in [0, 0.05) is 3.57 Å². The van der Waals surface area contributed by atoms with Crippen molar-refractivity contribution in [1.29, 1.82) is 0 Å². The van der Waals surface area contributed by atoms with E-state index in [4.69, 9.17) is 9.15 Å². The van der Waals surface area contributed by atoms with Gasteiger partial charge in [-0.15, -0.1) is 0 Å². The zero-order valence-corrected chi connectivity index (χ0v) is 13.5. The maximum Gasteiger partial charge on any atom is 0.339 e. The minimum absolute atomic E-state index is 0.275. The van der Waals surface area contributed by atoms with E-state index in [1.165, 1.54) is 6.26 Å². The molecule has 0 saturated carbocycles. The van der Waals surface area contributed by atoms with Crippen LogP contribution in [0, 0.1) is 3.57 Å². The second-order valence-corrected chi connectivity index (χ2v) is 5.52. The van der Waals surface area contributed by atoms with Crippen molar-refractivity contribution in [2.75, 3.05) is 6.61 Å². The van der Waals surface area contributed by atoms with Gasteiger partial charge in [-0.05, 0) is 53.8 Å². The average molecular weight is 399 g/mol. The molecule has 1 N–H and O–H groups in total. The molecule has 1 heterocycles. The van der Waals surface area contributed by atoms with Crippen LogP contribution < -0.4 is 5.32 Å². The third-order valence-electron chi connectivity index (χ3n) is 2.78. The molecule has 0 aliphatic carbocycles. The summed E-state index contributed by atoms with van der Waals surface area (Å²) in [4.78, 5) is 23.6. The van der Waals surface area contributed by atoms with Gasteiger partial charge in [-0.25, -0.2) is 4.79 Å². The molecule has 6 heteroatoms. The monoisotopic (exact) mass is 399 g/mol. The first kappa shape index (κ1) is 15.6. The Morgan fingerprint density at radius 1 is 1.29 bits per heavy atom. The number of amides is 1. The molecule has 1 atom stereocenters. The highest BCUT2D eigenvalue weighted by Crippen LogP contribution is 2.13. The minimum Gasteiger partial charge on any atom is -0.467 e. The lowest BCUT2D eigenvalue weighted by Crippen LogP contribution is -2.31. The molecular weight excluding hydrogens is 385 g/mol. The number of carbonyl (C=O) groups excluding carboxylic acids is 2. The molecule has 0 spiro atoms. The number of furan rings is 1. The summed E-state index contributed by atoms with van der Waals surface area (Å²) in [5.74, 6) is -0.244. The maximum absolute atomic E-state index is 11.9. The summed E-state index contributed by atoms with van der Waals surface area (Å²) in [6.45, 7) is 1.47. The second-order valence-electron chi connectivity index (χ2n) is 4.36. The topological polar surface area (TPSA) is 68.5 Å². The first-order chi connectivity index (χ1) is 10.1. The van der Waals surface area contributed by atoms with Crippen LogP contribution in [0.5, 0.6) is 0 Å². The van der Waals surface area contributed by atoms with Crippen molar-refractivity contribution in [1.82, 2.24) is 5.32 Å². The summed E-state index contributed by atoms with van der Waals surface area (Å²) in [7, 11) is 0. The Balaban J connectivity index is 1.84. The van der Waals surface area contributed by atoms with Crippen molar-refractivity contribution in [3.63, 3.8) is 0 Å². The molecule has 2 rings (SSSR count). The lowest BCUT2D eigenvalue weighted by molar-refractivity contribution is -0.125. The SMILES string of the molecule is C[C@@H](NC(=O)COC(=O)c1ccccc1I)c1ccco1. The number of nitrogens with one attached hydrogen (secondary N) is 1. The molecule has 0 aliphatic heterocycles. The molecule has 1 aromatic carbocycles. The smallest absolute Gasteiger partial charge is 0.339 e. The summed E-state index contributed by atoms with van der Waals surface area (Å²) in [5.41, 5.74) is 0.449. The van der Waals surface area contributed by atoms with Gasteiger partial charge in [-0.3, -0.25) is 4.79 Å². The van der Waals surface area contributed by atoms with E-state index < -0.39 is 5.97 Å². The van der Waals surface area contributed by atoms with Gasteiger partial charge in [-0.1, -0.05) is 12.1 Å². The standard InChI is InChI=1S/C15H14INO4/c1-10(13-7-4-8-20-13)17-14(18)9-21-15(19)11-5-2-3-6-12(11)16/h2-8,10H,9H2,1H3,(H,17,18)/t10-/m1/s1. The van der Waals surface area contributed by atoms with Crippen LogP contribution in [0.3, 0.4) is 0 Å². The number of hydrogen-bond donors (Lipinski definition) is 1. The third-order valence-corrected chi connectivity index (χ3v) is 3.72. The van der Waals surface area contributed by atoms with Crippen LogP contribution in [0.25, 0.3) is 0 Å². The van der Waals surface area contributed by atoms with E-state index in [2.05, 4.69) is 5.32 Å². The van der Waals surface area contributed by atoms with Crippen molar-refractivity contribution in [3.8, 4) is 0 Å². The van der Waals surface area contributed by atoms with Gasteiger partial charge in [-0.2, -0.15) is 0 Å². The van der Waals surface area contributed by atoms with Crippen LogP contribution in [0.1, 0.15) is 29.1 Å². The van der Waals surface area contributed by atoms with Crippen LogP contribution in [-0.2, 0) is 9.53 Å². The maximum atomic E-state index is 11.9. The molecule has 0 fully saturated rings. The quantitative estimate of drug-likeness (QED) is 0.620. The highest BCUT2D eigenvalue weighted by Gasteiger charge is 2.15. The van der Waals surface area contributed by atoms with E-state index in [1.54, 1.807) is 37.3 Å². The molecule has 21 heavy (non-hydrogen) atoms. The molecule has 0 radical (unpaired) electrons.